The summed E-state index contributed by atoms with van der Waals surface area (Å²) in [5.74, 6) is -2.00. The maximum Gasteiger partial charge on any atom is 0.348 e. The highest BCUT2D eigenvalue weighted by atomic mass is 16.6. The highest BCUT2D eigenvalue weighted by Gasteiger charge is 2.42. The summed E-state index contributed by atoms with van der Waals surface area (Å²) in [6.45, 7) is 7.02. The third-order valence-electron chi connectivity index (χ3n) is 4.76. The predicted molar refractivity (Wildman–Crippen MR) is 118 cm³/mol. The average molecular weight is 409 g/mol. The smallest absolute Gasteiger partial charge is 0.348 e. The molecule has 2 N–H and O–H groups in total. The Morgan fingerprint density at radius 3 is 2.10 bits per heavy atom. The van der Waals surface area contributed by atoms with E-state index in [1.807, 2.05) is 0 Å². The SMILES string of the molecule is C=CC(=O)OC(CCCCCC/C=C\C/C=C\CCCCC)(CC(C)O)C(=O)O. The van der Waals surface area contributed by atoms with Gasteiger partial charge in [-0.05, 0) is 51.9 Å². The van der Waals surface area contributed by atoms with Crippen LogP contribution in [0, 0.1) is 0 Å². The first-order valence-corrected chi connectivity index (χ1v) is 10.9. The standard InChI is InChI=1S/C24H40O5/c1-4-6-7-8-9-10-11-12-13-14-15-16-17-18-19-24(23(27)28,20-21(3)25)29-22(26)5-2/h5,9-10,12-13,21,25H,2,4,6-8,11,14-20H2,1,3H3,(H,27,28)/b10-9-,13-12-. The zero-order chi connectivity index (χ0) is 22.0. The number of esters is 1. The Balaban J connectivity index is 4.14. The topological polar surface area (TPSA) is 83.8 Å². The molecule has 5 nitrogen and oxygen atoms in total. The fourth-order valence-electron chi connectivity index (χ4n) is 3.19. The molecule has 0 aromatic heterocycles. The van der Waals surface area contributed by atoms with Crippen molar-refractivity contribution in [3.05, 3.63) is 37.0 Å². The van der Waals surface area contributed by atoms with Gasteiger partial charge in [0.05, 0.1) is 6.10 Å². The number of allylic oxidation sites excluding steroid dienone is 4. The molecule has 0 fully saturated rings. The number of rotatable bonds is 18. The second-order valence-corrected chi connectivity index (χ2v) is 7.60. The first-order chi connectivity index (χ1) is 13.9. The number of hydrogen-bond acceptors (Lipinski definition) is 4. The second kappa shape index (κ2) is 17.0. The van der Waals surface area contributed by atoms with Crippen molar-refractivity contribution in [3.8, 4) is 0 Å². The molecule has 0 aliphatic rings. The molecule has 0 aliphatic heterocycles. The summed E-state index contributed by atoms with van der Waals surface area (Å²) in [4.78, 5) is 23.3. The van der Waals surface area contributed by atoms with E-state index in [-0.39, 0.29) is 12.8 Å². The normalized spacial score (nSPS) is 14.7. The third kappa shape index (κ3) is 13.9. The van der Waals surface area contributed by atoms with Gasteiger partial charge in [-0.1, -0.05) is 63.5 Å². The lowest BCUT2D eigenvalue weighted by Gasteiger charge is -2.30. The van der Waals surface area contributed by atoms with Crippen LogP contribution in [0.15, 0.2) is 37.0 Å². The van der Waals surface area contributed by atoms with Gasteiger partial charge in [0.1, 0.15) is 0 Å². The number of carbonyl (C=O) groups excluding carboxylic acids is 1. The molecule has 29 heavy (non-hydrogen) atoms. The lowest BCUT2D eigenvalue weighted by molar-refractivity contribution is -0.180. The molecular weight excluding hydrogens is 368 g/mol. The van der Waals surface area contributed by atoms with E-state index in [2.05, 4.69) is 37.8 Å². The van der Waals surface area contributed by atoms with Gasteiger partial charge < -0.3 is 14.9 Å². The van der Waals surface area contributed by atoms with E-state index in [1.165, 1.54) is 26.2 Å². The molecule has 0 amide bonds. The van der Waals surface area contributed by atoms with Crippen molar-refractivity contribution in [2.24, 2.45) is 0 Å². The molecule has 0 radical (unpaired) electrons. The summed E-state index contributed by atoms with van der Waals surface area (Å²) in [5, 5.41) is 19.2. The Kier molecular flexibility index (Phi) is 15.9. The van der Waals surface area contributed by atoms with Crippen LogP contribution in [0.3, 0.4) is 0 Å². The number of carboxylic acids is 1. The van der Waals surface area contributed by atoms with Crippen LogP contribution in [-0.2, 0) is 14.3 Å². The van der Waals surface area contributed by atoms with Gasteiger partial charge >= 0.3 is 11.9 Å². The van der Waals surface area contributed by atoms with E-state index in [0.29, 0.717) is 6.42 Å². The van der Waals surface area contributed by atoms with Crippen molar-refractivity contribution in [2.75, 3.05) is 0 Å². The maximum atomic E-state index is 11.7. The fraction of sp³-hybridized carbons (Fsp3) is 0.667. The monoisotopic (exact) mass is 408 g/mol. The van der Waals surface area contributed by atoms with Crippen molar-refractivity contribution in [1.29, 1.82) is 0 Å². The Bertz CT molecular complexity index is 521. The number of aliphatic hydroxyl groups is 1. The lowest BCUT2D eigenvalue weighted by Crippen LogP contribution is -2.45. The minimum absolute atomic E-state index is 0.128. The van der Waals surface area contributed by atoms with Gasteiger partial charge in [0.15, 0.2) is 0 Å². The Morgan fingerprint density at radius 1 is 1.00 bits per heavy atom. The molecule has 0 saturated carbocycles. The van der Waals surface area contributed by atoms with Crippen LogP contribution in [0.25, 0.3) is 0 Å². The fourth-order valence-corrected chi connectivity index (χ4v) is 3.19. The van der Waals surface area contributed by atoms with Gasteiger partial charge in [0.25, 0.3) is 0 Å². The molecule has 0 aromatic carbocycles. The molecule has 0 aromatic rings. The number of aliphatic hydroxyl groups excluding tert-OH is 1. The van der Waals surface area contributed by atoms with Crippen LogP contribution in [0.1, 0.15) is 90.9 Å². The van der Waals surface area contributed by atoms with Gasteiger partial charge in [0, 0.05) is 12.5 Å². The van der Waals surface area contributed by atoms with E-state index >= 15 is 0 Å². The van der Waals surface area contributed by atoms with Crippen LogP contribution in [0.4, 0.5) is 0 Å². The van der Waals surface area contributed by atoms with Crippen LogP contribution >= 0.6 is 0 Å². The highest BCUT2D eigenvalue weighted by Crippen LogP contribution is 2.27. The summed E-state index contributed by atoms with van der Waals surface area (Å²) in [5.41, 5.74) is -1.69. The number of aliphatic carboxylic acids is 1. The van der Waals surface area contributed by atoms with E-state index in [0.717, 1.165) is 44.6 Å². The molecule has 5 heteroatoms. The molecule has 0 heterocycles. The van der Waals surface area contributed by atoms with Gasteiger partial charge in [-0.25, -0.2) is 9.59 Å². The first kappa shape index (κ1) is 27.1. The number of carboxylic acid groups (broad SMARTS) is 1. The Labute approximate surface area is 176 Å². The van der Waals surface area contributed by atoms with Crippen molar-refractivity contribution in [2.45, 2.75) is 103 Å². The molecule has 2 atom stereocenters. The maximum absolute atomic E-state index is 11.7. The molecule has 0 spiro atoms. The van der Waals surface area contributed by atoms with Crippen molar-refractivity contribution in [1.82, 2.24) is 0 Å². The number of unbranched alkanes of at least 4 members (excludes halogenated alkanes) is 7. The summed E-state index contributed by atoms with van der Waals surface area (Å²) in [6.07, 6.45) is 19.4. The van der Waals surface area contributed by atoms with E-state index in [1.54, 1.807) is 0 Å². The summed E-state index contributed by atoms with van der Waals surface area (Å²) in [6, 6.07) is 0. The second-order valence-electron chi connectivity index (χ2n) is 7.60. The first-order valence-electron chi connectivity index (χ1n) is 10.9. The van der Waals surface area contributed by atoms with E-state index < -0.39 is 23.6 Å². The van der Waals surface area contributed by atoms with Crippen molar-refractivity contribution < 1.29 is 24.5 Å². The minimum atomic E-state index is -1.69. The number of ether oxygens (including phenoxy) is 1. The zero-order valence-electron chi connectivity index (χ0n) is 18.3. The summed E-state index contributed by atoms with van der Waals surface area (Å²) >= 11 is 0. The minimum Gasteiger partial charge on any atom is -0.478 e. The lowest BCUT2D eigenvalue weighted by atomic mass is 9.89. The van der Waals surface area contributed by atoms with Gasteiger partial charge in [-0.15, -0.1) is 0 Å². The van der Waals surface area contributed by atoms with Gasteiger partial charge in [-0.2, -0.15) is 0 Å². The van der Waals surface area contributed by atoms with Crippen LogP contribution in [-0.4, -0.2) is 33.9 Å². The number of carbonyl (C=O) groups is 2. The average Bonchev–Trinajstić information content (AvgIpc) is 2.67. The quantitative estimate of drug-likeness (QED) is 0.131. The molecule has 2 unspecified atom stereocenters. The highest BCUT2D eigenvalue weighted by molar-refractivity contribution is 5.86. The van der Waals surface area contributed by atoms with E-state index in [4.69, 9.17) is 4.74 Å². The zero-order valence-corrected chi connectivity index (χ0v) is 18.3. The van der Waals surface area contributed by atoms with Crippen LogP contribution < -0.4 is 0 Å². The Morgan fingerprint density at radius 2 is 1.59 bits per heavy atom. The molecule has 0 rings (SSSR count). The van der Waals surface area contributed by atoms with Gasteiger partial charge in [-0.3, -0.25) is 0 Å². The molecule has 166 valence electrons. The molecule has 0 aliphatic carbocycles. The predicted octanol–water partition coefficient (Wildman–Crippen LogP) is 5.73. The van der Waals surface area contributed by atoms with Crippen molar-refractivity contribution >= 4 is 11.9 Å². The molecular formula is C24H40O5. The van der Waals surface area contributed by atoms with Crippen LogP contribution in [0.5, 0.6) is 0 Å². The van der Waals surface area contributed by atoms with Crippen LogP contribution in [0.2, 0.25) is 0 Å². The van der Waals surface area contributed by atoms with E-state index in [9.17, 15) is 19.8 Å². The summed E-state index contributed by atoms with van der Waals surface area (Å²) in [7, 11) is 0. The third-order valence-corrected chi connectivity index (χ3v) is 4.76. The largest absolute Gasteiger partial charge is 0.478 e. The number of hydrogen-bond donors (Lipinski definition) is 2. The molecule has 0 saturated heterocycles. The Hall–Kier alpha value is -1.88. The summed E-state index contributed by atoms with van der Waals surface area (Å²) < 4.78 is 5.14. The van der Waals surface area contributed by atoms with Crippen molar-refractivity contribution in [3.63, 3.8) is 0 Å². The van der Waals surface area contributed by atoms with Gasteiger partial charge in [0.2, 0.25) is 5.60 Å². The molecule has 0 bridgehead atoms.